The second-order valence-corrected chi connectivity index (χ2v) is 15.9. The lowest BCUT2D eigenvalue weighted by Gasteiger charge is -2.37. The Morgan fingerprint density at radius 2 is 1.39 bits per heavy atom. The summed E-state index contributed by atoms with van der Waals surface area (Å²) >= 11 is 3.26. The number of nitrogen functional groups attached to an aromatic ring is 1. The summed E-state index contributed by atoms with van der Waals surface area (Å²) < 4.78 is 11.7. The van der Waals surface area contributed by atoms with Gasteiger partial charge in [0.05, 0.1) is 23.5 Å². The van der Waals surface area contributed by atoms with Gasteiger partial charge in [0.25, 0.3) is 0 Å². The molecule has 49 heavy (non-hydrogen) atoms. The number of aromatic nitrogens is 2. The van der Waals surface area contributed by atoms with E-state index in [1.807, 2.05) is 73.3 Å². The first kappa shape index (κ1) is 39.9. The van der Waals surface area contributed by atoms with Crippen LogP contribution >= 0.6 is 15.9 Å². The number of carbonyl (C=O) groups is 2. The monoisotopic (exact) mass is 737 g/mol. The Labute approximate surface area is 302 Å². The number of nitrogens with zero attached hydrogens (tertiary/aromatic N) is 4. The second kappa shape index (κ2) is 16.9. The number of hydrogen-bond acceptors (Lipinski definition) is 7. The van der Waals surface area contributed by atoms with Crippen LogP contribution in [0, 0.1) is 40.0 Å². The summed E-state index contributed by atoms with van der Waals surface area (Å²) in [4.78, 5) is 36.8. The Balaban J connectivity index is 0.000000222. The molecule has 0 radical (unpaired) electrons. The van der Waals surface area contributed by atoms with Gasteiger partial charge in [-0.2, -0.15) is 0 Å². The lowest BCUT2D eigenvalue weighted by Crippen LogP contribution is -2.47. The lowest BCUT2D eigenvalue weighted by molar-refractivity contribution is 0.0133. The molecule has 0 spiro atoms. The third-order valence-electron chi connectivity index (χ3n) is 8.44. The average molecular weight is 739 g/mol. The van der Waals surface area contributed by atoms with Crippen LogP contribution in [0.3, 0.4) is 0 Å². The zero-order valence-electron chi connectivity index (χ0n) is 31.2. The SMILES string of the molecule is C#C[C@@H]1CCCCN1C(=O)OC(C)(C)C.Cc1cc(C)c(N)c(Br)n1.Cc1cc(C)c2c(n1)C=C([C@@H]1CCCCN1C(=O)OC(C)(C)C)C2. The van der Waals surface area contributed by atoms with E-state index < -0.39 is 11.2 Å². The molecule has 0 unspecified atom stereocenters. The number of likely N-dealkylation sites (tertiary alicyclic amines) is 2. The largest absolute Gasteiger partial charge is 0.444 e. The highest BCUT2D eigenvalue weighted by Crippen LogP contribution is 2.34. The van der Waals surface area contributed by atoms with Crippen molar-refractivity contribution in [1.82, 2.24) is 19.8 Å². The van der Waals surface area contributed by atoms with Crippen molar-refractivity contribution >= 4 is 39.9 Å². The maximum atomic E-state index is 12.6. The van der Waals surface area contributed by atoms with Gasteiger partial charge in [0.1, 0.15) is 15.8 Å². The number of anilines is 1. The fraction of sp³-hybridized carbons (Fsp3) is 0.590. The molecule has 2 saturated heterocycles. The van der Waals surface area contributed by atoms with Crippen LogP contribution in [0.4, 0.5) is 15.3 Å². The van der Waals surface area contributed by atoms with E-state index in [1.165, 1.54) is 16.7 Å². The van der Waals surface area contributed by atoms with Crippen molar-refractivity contribution < 1.29 is 19.1 Å². The van der Waals surface area contributed by atoms with E-state index >= 15 is 0 Å². The molecule has 9 nitrogen and oxygen atoms in total. The highest BCUT2D eigenvalue weighted by atomic mass is 79.9. The van der Waals surface area contributed by atoms with Crippen molar-refractivity contribution in [1.29, 1.82) is 0 Å². The van der Waals surface area contributed by atoms with Crippen LogP contribution in [0.25, 0.3) is 6.08 Å². The van der Waals surface area contributed by atoms with Crippen LogP contribution in [-0.2, 0) is 15.9 Å². The van der Waals surface area contributed by atoms with Gasteiger partial charge in [-0.1, -0.05) is 5.92 Å². The van der Waals surface area contributed by atoms with Crippen LogP contribution in [0.15, 0.2) is 22.3 Å². The fourth-order valence-corrected chi connectivity index (χ4v) is 6.78. The Hall–Kier alpha value is -3.58. The quantitative estimate of drug-likeness (QED) is 0.230. The summed E-state index contributed by atoms with van der Waals surface area (Å²) in [6.45, 7) is 20.9. The summed E-state index contributed by atoms with van der Waals surface area (Å²) in [5.74, 6) is 2.65. The molecular formula is C39H56BrN5O4. The number of ether oxygens (including phenoxy) is 2. The number of amides is 2. The molecule has 2 aliphatic heterocycles. The number of fused-ring (bicyclic) bond motifs is 1. The van der Waals surface area contributed by atoms with Gasteiger partial charge in [-0.25, -0.2) is 14.6 Å². The van der Waals surface area contributed by atoms with E-state index in [0.717, 1.165) is 84.4 Å². The number of halogens is 1. The van der Waals surface area contributed by atoms with E-state index in [9.17, 15) is 9.59 Å². The van der Waals surface area contributed by atoms with E-state index in [0.29, 0.717) is 6.54 Å². The predicted octanol–water partition coefficient (Wildman–Crippen LogP) is 8.88. The van der Waals surface area contributed by atoms with Gasteiger partial charge in [-0.3, -0.25) is 9.88 Å². The molecule has 2 aromatic rings. The van der Waals surface area contributed by atoms with Gasteiger partial charge < -0.3 is 20.1 Å². The molecule has 5 rings (SSSR count). The third kappa shape index (κ3) is 11.8. The zero-order chi connectivity index (χ0) is 36.7. The van der Waals surface area contributed by atoms with Gasteiger partial charge >= 0.3 is 12.2 Å². The molecule has 2 aromatic heterocycles. The molecule has 268 valence electrons. The van der Waals surface area contributed by atoms with Gasteiger partial charge in [-0.15, -0.1) is 6.42 Å². The lowest BCUT2D eigenvalue weighted by atomic mass is 9.93. The van der Waals surface area contributed by atoms with Crippen LogP contribution in [0.1, 0.15) is 114 Å². The second-order valence-electron chi connectivity index (χ2n) is 15.2. The van der Waals surface area contributed by atoms with Crippen LogP contribution < -0.4 is 5.73 Å². The minimum absolute atomic E-state index is 0.0893. The van der Waals surface area contributed by atoms with Crippen molar-refractivity contribution in [3.8, 4) is 12.3 Å². The molecule has 0 aromatic carbocycles. The third-order valence-corrected chi connectivity index (χ3v) is 9.04. The summed E-state index contributed by atoms with van der Waals surface area (Å²) in [5.41, 5.74) is 13.6. The molecule has 4 heterocycles. The van der Waals surface area contributed by atoms with Gasteiger partial charge in [-0.05, 0) is 171 Å². The van der Waals surface area contributed by atoms with E-state index in [-0.39, 0.29) is 24.3 Å². The molecule has 0 bridgehead atoms. The van der Waals surface area contributed by atoms with E-state index in [2.05, 4.69) is 50.9 Å². The van der Waals surface area contributed by atoms with Crippen molar-refractivity contribution in [3.63, 3.8) is 0 Å². The Morgan fingerprint density at radius 1 is 0.857 bits per heavy atom. The normalized spacial score (nSPS) is 18.9. The van der Waals surface area contributed by atoms with Crippen molar-refractivity contribution in [3.05, 3.63) is 56.1 Å². The molecule has 2 amide bonds. The molecule has 1 aliphatic carbocycles. The minimum atomic E-state index is -0.457. The topological polar surface area (TPSA) is 111 Å². The van der Waals surface area contributed by atoms with Crippen LogP contribution in [0.2, 0.25) is 0 Å². The molecule has 3 aliphatic rings. The maximum absolute atomic E-state index is 12.6. The molecule has 10 heteroatoms. The van der Waals surface area contributed by atoms with Gasteiger partial charge in [0, 0.05) is 24.5 Å². The number of piperidine rings is 2. The first-order chi connectivity index (χ1) is 22.8. The predicted molar refractivity (Wildman–Crippen MR) is 201 cm³/mol. The zero-order valence-corrected chi connectivity index (χ0v) is 32.8. The number of rotatable bonds is 1. The fourth-order valence-electron chi connectivity index (χ4n) is 6.19. The first-order valence-electron chi connectivity index (χ1n) is 17.3. The van der Waals surface area contributed by atoms with Crippen molar-refractivity contribution in [2.45, 2.75) is 137 Å². The smallest absolute Gasteiger partial charge is 0.411 e. The Bertz CT molecular complexity index is 1540. The molecule has 2 fully saturated rings. The molecule has 2 N–H and O–H groups in total. The van der Waals surface area contributed by atoms with Crippen molar-refractivity contribution in [2.75, 3.05) is 18.8 Å². The summed E-state index contributed by atoms with van der Waals surface area (Å²) in [6, 6.07) is 4.15. The Kier molecular flexibility index (Phi) is 13.7. The van der Waals surface area contributed by atoms with Crippen LogP contribution in [-0.4, -0.2) is 68.3 Å². The number of aryl methyl sites for hydroxylation is 4. The standard InChI is InChI=1S/C20H28N2O2.C12H19NO2.C7H9BrN2/c1-13-10-14(2)21-17-12-15(11-16(13)17)18-8-6-7-9-22(18)19(23)24-20(3,4)5;1-5-10-8-6-7-9-13(10)11(14)15-12(2,3)4;1-4-3-5(2)10-7(8)6(4)9/h10,12,18H,6-9,11H2,1-5H3;1,10H,6-9H2,2-4H3;3H,9H2,1-2H3/t18-;10-;/m01./s1. The van der Waals surface area contributed by atoms with E-state index in [1.54, 1.807) is 4.90 Å². The average Bonchev–Trinajstić information content (AvgIpc) is 3.43. The summed E-state index contributed by atoms with van der Waals surface area (Å²) in [6.07, 6.45) is 14.2. The van der Waals surface area contributed by atoms with Gasteiger partial charge in [0.2, 0.25) is 0 Å². The number of carbonyl (C=O) groups excluding carboxylic acids is 2. The number of nitrogens with two attached hydrogens (primary N) is 1. The first-order valence-corrected chi connectivity index (χ1v) is 18.1. The number of hydrogen-bond donors (Lipinski definition) is 1. The van der Waals surface area contributed by atoms with Crippen molar-refractivity contribution in [2.24, 2.45) is 0 Å². The molecule has 0 saturated carbocycles. The highest BCUT2D eigenvalue weighted by Gasteiger charge is 2.35. The minimum Gasteiger partial charge on any atom is -0.444 e. The Morgan fingerprint density at radius 3 is 1.96 bits per heavy atom. The van der Waals surface area contributed by atoms with Crippen LogP contribution in [0.5, 0.6) is 0 Å². The summed E-state index contributed by atoms with van der Waals surface area (Å²) in [5, 5.41) is 0. The maximum Gasteiger partial charge on any atom is 0.411 e. The molecule has 2 atom stereocenters. The highest BCUT2D eigenvalue weighted by molar-refractivity contribution is 9.10. The number of terminal acetylenes is 1. The van der Waals surface area contributed by atoms with Gasteiger partial charge in [0.15, 0.2) is 0 Å². The number of pyridine rings is 2. The molecular weight excluding hydrogens is 682 g/mol. The summed E-state index contributed by atoms with van der Waals surface area (Å²) in [7, 11) is 0. The van der Waals surface area contributed by atoms with E-state index in [4.69, 9.17) is 21.6 Å².